The van der Waals surface area contributed by atoms with Gasteiger partial charge in [0.05, 0.1) is 10.8 Å². The van der Waals surface area contributed by atoms with E-state index in [2.05, 4.69) is 26.6 Å². The molecule has 6 heteroatoms. The summed E-state index contributed by atoms with van der Waals surface area (Å²) in [6.45, 7) is 0. The Kier molecular flexibility index (Phi) is 3.86. The Hall–Kier alpha value is -1.27. The Bertz CT molecular complexity index is 488. The van der Waals surface area contributed by atoms with Crippen molar-refractivity contribution in [2.45, 2.75) is 0 Å². The lowest BCUT2D eigenvalue weighted by Gasteiger charge is -2.05. The maximum Gasteiger partial charge on any atom is 0.265 e. The van der Waals surface area contributed by atoms with E-state index in [1.807, 2.05) is 18.2 Å². The zero-order valence-electron chi connectivity index (χ0n) is 8.70. The average molecular weight is 313 g/mol. The van der Waals surface area contributed by atoms with Crippen LogP contribution in [0.1, 0.15) is 0 Å². The molecule has 2 rings (SSSR count). The summed E-state index contributed by atoms with van der Waals surface area (Å²) in [6.07, 6.45) is 0. The highest BCUT2D eigenvalue weighted by Gasteiger charge is 2.21. The van der Waals surface area contributed by atoms with Crippen LogP contribution in [0.4, 0.5) is 5.69 Å². The third-order valence-corrected chi connectivity index (χ3v) is 4.05. The van der Waals surface area contributed by atoms with Gasteiger partial charge >= 0.3 is 0 Å². The van der Waals surface area contributed by atoms with Gasteiger partial charge in [-0.05, 0) is 28.1 Å². The maximum atomic E-state index is 11.8. The van der Waals surface area contributed by atoms with Crippen LogP contribution in [0.15, 0.2) is 39.8 Å². The van der Waals surface area contributed by atoms with E-state index in [1.165, 1.54) is 11.8 Å². The monoisotopic (exact) mass is 312 g/mol. The minimum Gasteiger partial charge on any atom is -0.321 e. The summed E-state index contributed by atoms with van der Waals surface area (Å²) in [5.74, 6) is -0.0152. The molecule has 0 unspecified atom stereocenters. The van der Waals surface area contributed by atoms with E-state index >= 15 is 0 Å². The molecule has 4 nitrogen and oxygen atoms in total. The molecule has 0 saturated carbocycles. The number of para-hydroxylation sites is 1. The number of amides is 2. The van der Waals surface area contributed by atoms with Gasteiger partial charge in [0.15, 0.2) is 0 Å². The molecule has 1 saturated heterocycles. The van der Waals surface area contributed by atoms with Crippen molar-refractivity contribution < 1.29 is 9.59 Å². The maximum absolute atomic E-state index is 11.8. The highest BCUT2D eigenvalue weighted by Crippen LogP contribution is 2.26. The third-order valence-electron chi connectivity index (χ3n) is 2.03. The molecule has 0 bridgehead atoms. The number of carbonyl (C=O) groups excluding carboxylic acids is 2. The topological polar surface area (TPSA) is 58.2 Å². The van der Waals surface area contributed by atoms with Gasteiger partial charge < -0.3 is 10.6 Å². The van der Waals surface area contributed by atoms with Crippen molar-refractivity contribution in [1.82, 2.24) is 5.32 Å². The Morgan fingerprint density at radius 3 is 2.65 bits per heavy atom. The fraction of sp³-hybridized carbons (Fsp3) is 0.0909. The van der Waals surface area contributed by atoms with Gasteiger partial charge in [-0.3, -0.25) is 9.59 Å². The van der Waals surface area contributed by atoms with Crippen LogP contribution >= 0.6 is 27.7 Å². The number of carbonyl (C=O) groups is 2. The first-order valence-corrected chi connectivity index (χ1v) is 6.63. The molecule has 0 radical (unpaired) electrons. The van der Waals surface area contributed by atoms with Crippen molar-refractivity contribution in [3.05, 3.63) is 39.8 Å². The summed E-state index contributed by atoms with van der Waals surface area (Å²) >= 11 is 4.50. The SMILES string of the molecule is O=C1CS/C(=C(\Br)C(=O)Nc2ccccc2)N1. The number of hydrogen-bond donors (Lipinski definition) is 2. The quantitative estimate of drug-likeness (QED) is 0.822. The van der Waals surface area contributed by atoms with Crippen LogP contribution < -0.4 is 10.6 Å². The Morgan fingerprint density at radius 1 is 1.35 bits per heavy atom. The predicted octanol–water partition coefficient (Wildman–Crippen LogP) is 2.05. The normalized spacial score (nSPS) is 17.6. The third kappa shape index (κ3) is 3.10. The Morgan fingerprint density at radius 2 is 2.06 bits per heavy atom. The van der Waals surface area contributed by atoms with Crippen LogP contribution in [0.25, 0.3) is 0 Å². The number of rotatable bonds is 2. The van der Waals surface area contributed by atoms with Crippen LogP contribution in [-0.2, 0) is 9.59 Å². The first-order valence-electron chi connectivity index (χ1n) is 4.85. The summed E-state index contributed by atoms with van der Waals surface area (Å²) in [7, 11) is 0. The number of halogens is 1. The molecule has 2 amide bonds. The van der Waals surface area contributed by atoms with Gasteiger partial charge in [0.25, 0.3) is 5.91 Å². The second kappa shape index (κ2) is 5.37. The van der Waals surface area contributed by atoms with Gasteiger partial charge in [-0.2, -0.15) is 0 Å². The second-order valence-electron chi connectivity index (χ2n) is 3.30. The van der Waals surface area contributed by atoms with Crippen LogP contribution in [0, 0.1) is 0 Å². The first-order chi connectivity index (χ1) is 8.16. The van der Waals surface area contributed by atoms with E-state index in [0.29, 0.717) is 21.0 Å². The van der Waals surface area contributed by atoms with E-state index in [9.17, 15) is 9.59 Å². The number of anilines is 1. The van der Waals surface area contributed by atoms with Gasteiger partial charge in [-0.15, -0.1) is 0 Å². The van der Waals surface area contributed by atoms with Crippen molar-refractivity contribution >= 4 is 45.2 Å². The standard InChI is InChI=1S/C11H9BrN2O2S/c12-9(11-14-8(15)6-17-11)10(16)13-7-4-2-1-3-5-7/h1-5H,6H2,(H,13,16)(H,14,15)/b11-9-. The molecule has 0 atom stereocenters. The second-order valence-corrected chi connectivity index (χ2v) is 5.08. The highest BCUT2D eigenvalue weighted by molar-refractivity contribution is 9.12. The van der Waals surface area contributed by atoms with Crippen molar-refractivity contribution in [3.63, 3.8) is 0 Å². The molecule has 88 valence electrons. The van der Waals surface area contributed by atoms with Crippen LogP contribution in [0.2, 0.25) is 0 Å². The average Bonchev–Trinajstić information content (AvgIpc) is 2.76. The summed E-state index contributed by atoms with van der Waals surface area (Å²) in [4.78, 5) is 22.8. The molecule has 1 fully saturated rings. The fourth-order valence-electron chi connectivity index (χ4n) is 1.27. The molecule has 0 aliphatic carbocycles. The molecule has 0 spiro atoms. The van der Waals surface area contributed by atoms with Crippen LogP contribution in [0.3, 0.4) is 0 Å². The molecular weight excluding hydrogens is 304 g/mol. The Labute approximate surface area is 111 Å². The largest absolute Gasteiger partial charge is 0.321 e. The lowest BCUT2D eigenvalue weighted by Crippen LogP contribution is -2.18. The van der Waals surface area contributed by atoms with Crippen LogP contribution in [0.5, 0.6) is 0 Å². The van der Waals surface area contributed by atoms with Gasteiger partial charge in [-0.1, -0.05) is 30.0 Å². The smallest absolute Gasteiger partial charge is 0.265 e. The zero-order valence-corrected chi connectivity index (χ0v) is 11.1. The summed E-state index contributed by atoms with van der Waals surface area (Å²) in [6, 6.07) is 9.13. The van der Waals surface area contributed by atoms with E-state index in [4.69, 9.17) is 0 Å². The van der Waals surface area contributed by atoms with E-state index < -0.39 is 0 Å². The van der Waals surface area contributed by atoms with Crippen molar-refractivity contribution in [2.24, 2.45) is 0 Å². The lowest BCUT2D eigenvalue weighted by molar-refractivity contribution is -0.117. The summed E-state index contributed by atoms with van der Waals surface area (Å²) < 4.78 is 0.345. The summed E-state index contributed by atoms with van der Waals surface area (Å²) in [5, 5.41) is 5.90. The van der Waals surface area contributed by atoms with Crippen LogP contribution in [-0.4, -0.2) is 17.6 Å². The molecule has 2 N–H and O–H groups in total. The molecule has 1 aromatic rings. The van der Waals surface area contributed by atoms with E-state index in [0.717, 1.165) is 0 Å². The molecule has 1 aliphatic rings. The zero-order chi connectivity index (χ0) is 12.3. The van der Waals surface area contributed by atoms with Gasteiger partial charge in [0.2, 0.25) is 5.91 Å². The number of nitrogens with one attached hydrogen (secondary N) is 2. The van der Waals surface area contributed by atoms with Gasteiger partial charge in [0.1, 0.15) is 4.48 Å². The van der Waals surface area contributed by atoms with Crippen molar-refractivity contribution in [2.75, 3.05) is 11.1 Å². The molecule has 17 heavy (non-hydrogen) atoms. The highest BCUT2D eigenvalue weighted by atomic mass is 79.9. The number of hydrogen-bond acceptors (Lipinski definition) is 3. The predicted molar refractivity (Wildman–Crippen MR) is 71.6 cm³/mol. The van der Waals surface area contributed by atoms with Gasteiger partial charge in [-0.25, -0.2) is 0 Å². The van der Waals surface area contributed by atoms with Crippen molar-refractivity contribution in [3.8, 4) is 0 Å². The fourth-order valence-corrected chi connectivity index (χ4v) is 2.56. The minimum atomic E-state index is -0.277. The molecular formula is C11H9BrN2O2S. The van der Waals surface area contributed by atoms with E-state index in [-0.39, 0.29) is 11.8 Å². The number of thioether (sulfide) groups is 1. The molecule has 1 aliphatic heterocycles. The first kappa shape index (κ1) is 12.2. The van der Waals surface area contributed by atoms with E-state index in [1.54, 1.807) is 12.1 Å². The molecule has 1 heterocycles. The number of benzene rings is 1. The van der Waals surface area contributed by atoms with Crippen molar-refractivity contribution in [1.29, 1.82) is 0 Å². The van der Waals surface area contributed by atoms with Gasteiger partial charge in [0, 0.05) is 5.69 Å². The molecule has 0 aromatic heterocycles. The lowest BCUT2D eigenvalue weighted by atomic mass is 10.3. The summed E-state index contributed by atoms with van der Waals surface area (Å²) in [5.41, 5.74) is 0.712. The molecule has 1 aromatic carbocycles. The Balaban J connectivity index is 2.08. The minimum absolute atomic E-state index is 0.0885.